The van der Waals surface area contributed by atoms with Crippen LogP contribution in [0.4, 0.5) is 24.5 Å². The summed E-state index contributed by atoms with van der Waals surface area (Å²) in [6.07, 6.45) is -4.47. The van der Waals surface area contributed by atoms with Crippen molar-refractivity contribution in [3.63, 3.8) is 0 Å². The van der Waals surface area contributed by atoms with Crippen LogP contribution in [0.3, 0.4) is 0 Å². The van der Waals surface area contributed by atoms with Crippen LogP contribution in [0.2, 0.25) is 0 Å². The van der Waals surface area contributed by atoms with Crippen molar-refractivity contribution < 1.29 is 32.3 Å². The predicted octanol–water partition coefficient (Wildman–Crippen LogP) is 3.85. The zero-order chi connectivity index (χ0) is 24.9. The second-order valence-corrected chi connectivity index (χ2v) is 8.42. The van der Waals surface area contributed by atoms with Crippen molar-refractivity contribution in [1.82, 2.24) is 5.32 Å². The number of hydrogen-bond acceptors (Lipinski definition) is 4. The highest BCUT2D eigenvalue weighted by molar-refractivity contribution is 6.00. The molecule has 3 amide bonds. The molecule has 0 unspecified atom stereocenters. The van der Waals surface area contributed by atoms with E-state index in [1.165, 1.54) is 23.1 Å². The minimum Gasteiger partial charge on any atom is -0.484 e. The van der Waals surface area contributed by atoms with Gasteiger partial charge >= 0.3 is 6.18 Å². The molecule has 0 radical (unpaired) electrons. The van der Waals surface area contributed by atoms with Gasteiger partial charge in [-0.3, -0.25) is 14.4 Å². The average Bonchev–Trinajstić information content (AvgIpc) is 3.17. The van der Waals surface area contributed by atoms with E-state index < -0.39 is 30.2 Å². The van der Waals surface area contributed by atoms with Crippen LogP contribution in [-0.4, -0.2) is 37.4 Å². The molecule has 182 valence electrons. The van der Waals surface area contributed by atoms with Gasteiger partial charge in [-0.2, -0.15) is 13.2 Å². The van der Waals surface area contributed by atoms with Gasteiger partial charge in [0.1, 0.15) is 5.75 Å². The summed E-state index contributed by atoms with van der Waals surface area (Å²) < 4.78 is 44.5. The predicted molar refractivity (Wildman–Crippen MR) is 120 cm³/mol. The number of amides is 3. The van der Waals surface area contributed by atoms with E-state index in [-0.39, 0.29) is 30.5 Å². The molecule has 0 bridgehead atoms. The zero-order valence-electron chi connectivity index (χ0n) is 18.8. The third-order valence-electron chi connectivity index (χ3n) is 5.21. The maximum Gasteiger partial charge on any atom is 0.418 e. The first-order valence-electron chi connectivity index (χ1n) is 10.8. The Hall–Kier alpha value is -3.56. The second kappa shape index (κ2) is 10.6. The van der Waals surface area contributed by atoms with Crippen molar-refractivity contribution in [3.05, 3.63) is 54.1 Å². The monoisotopic (exact) mass is 477 g/mol. The molecule has 2 aromatic carbocycles. The van der Waals surface area contributed by atoms with E-state index in [4.69, 9.17) is 4.74 Å². The van der Waals surface area contributed by atoms with Gasteiger partial charge in [0.2, 0.25) is 11.8 Å². The van der Waals surface area contributed by atoms with Gasteiger partial charge < -0.3 is 20.3 Å². The lowest BCUT2D eigenvalue weighted by Crippen LogP contribution is -2.35. The summed E-state index contributed by atoms with van der Waals surface area (Å²) in [6.45, 7) is 4.29. The molecule has 3 rings (SSSR count). The Balaban J connectivity index is 1.54. The van der Waals surface area contributed by atoms with Crippen molar-refractivity contribution in [3.8, 4) is 5.75 Å². The maximum absolute atomic E-state index is 13.0. The molecule has 1 aliphatic rings. The van der Waals surface area contributed by atoms with Gasteiger partial charge in [0.05, 0.1) is 17.2 Å². The third-order valence-corrected chi connectivity index (χ3v) is 5.21. The summed E-state index contributed by atoms with van der Waals surface area (Å²) in [4.78, 5) is 38.3. The standard InChI is InChI=1S/C24H26F3N3O4/c1-15(2)12-28-23(33)16-11-22(32)30(13-16)17-7-9-18(10-8-17)34-14-21(31)29-20-6-4-3-5-19(20)24(25,26)27/h3-10,15-16H,11-14H2,1-2H3,(H,28,33)(H,29,31)/t16-/m0/s1. The minimum absolute atomic E-state index is 0.127. The number of hydrogen-bond donors (Lipinski definition) is 2. The number of benzene rings is 2. The first-order valence-corrected chi connectivity index (χ1v) is 10.8. The van der Waals surface area contributed by atoms with Gasteiger partial charge in [-0.05, 0) is 42.3 Å². The van der Waals surface area contributed by atoms with Crippen LogP contribution in [-0.2, 0) is 20.6 Å². The number of anilines is 2. The number of halogens is 3. The summed E-state index contributed by atoms with van der Waals surface area (Å²) >= 11 is 0. The number of carbonyl (C=O) groups excluding carboxylic acids is 3. The first-order chi connectivity index (χ1) is 16.0. The SMILES string of the molecule is CC(C)CNC(=O)[C@H]1CC(=O)N(c2ccc(OCC(=O)Nc3ccccc3C(F)(F)F)cc2)C1. The quantitative estimate of drug-likeness (QED) is 0.605. The van der Waals surface area contributed by atoms with E-state index in [0.717, 1.165) is 6.07 Å². The van der Waals surface area contributed by atoms with E-state index in [2.05, 4.69) is 10.6 Å². The van der Waals surface area contributed by atoms with Gasteiger partial charge in [0.25, 0.3) is 5.91 Å². The number of rotatable bonds is 8. The molecule has 1 aliphatic heterocycles. The van der Waals surface area contributed by atoms with E-state index in [0.29, 0.717) is 23.9 Å². The van der Waals surface area contributed by atoms with Crippen LogP contribution in [0.1, 0.15) is 25.8 Å². The normalized spacial score (nSPS) is 16.0. The Morgan fingerprint density at radius 1 is 1.12 bits per heavy atom. The molecule has 7 nitrogen and oxygen atoms in total. The van der Waals surface area contributed by atoms with Crippen molar-refractivity contribution in [1.29, 1.82) is 0 Å². The Kier molecular flexibility index (Phi) is 7.80. The van der Waals surface area contributed by atoms with Crippen LogP contribution in [0.25, 0.3) is 0 Å². The van der Waals surface area contributed by atoms with Gasteiger partial charge in [-0.25, -0.2) is 0 Å². The van der Waals surface area contributed by atoms with Crippen LogP contribution in [0, 0.1) is 11.8 Å². The molecule has 0 saturated carbocycles. The van der Waals surface area contributed by atoms with Crippen LogP contribution in [0.5, 0.6) is 5.75 Å². The van der Waals surface area contributed by atoms with E-state index >= 15 is 0 Å². The first kappa shape index (κ1) is 25.1. The molecule has 2 aromatic rings. The molecule has 1 saturated heterocycles. The Morgan fingerprint density at radius 2 is 1.79 bits per heavy atom. The Morgan fingerprint density at radius 3 is 2.44 bits per heavy atom. The molecule has 0 spiro atoms. The zero-order valence-corrected chi connectivity index (χ0v) is 18.8. The fourth-order valence-corrected chi connectivity index (χ4v) is 3.48. The second-order valence-electron chi connectivity index (χ2n) is 8.42. The molecule has 1 atom stereocenters. The van der Waals surface area contributed by atoms with Crippen LogP contribution in [0.15, 0.2) is 48.5 Å². The van der Waals surface area contributed by atoms with E-state index in [1.807, 2.05) is 13.8 Å². The van der Waals surface area contributed by atoms with Crippen molar-refractivity contribution in [2.75, 3.05) is 29.9 Å². The molecule has 0 aromatic heterocycles. The number of ether oxygens (including phenoxy) is 1. The van der Waals surface area contributed by atoms with Crippen LogP contribution < -0.4 is 20.3 Å². The Bertz CT molecular complexity index is 1040. The van der Waals surface area contributed by atoms with E-state index in [1.54, 1.807) is 24.3 Å². The molecule has 1 heterocycles. The largest absolute Gasteiger partial charge is 0.484 e. The number of nitrogens with zero attached hydrogens (tertiary/aromatic N) is 1. The lowest BCUT2D eigenvalue weighted by Gasteiger charge is -2.17. The molecule has 10 heteroatoms. The molecule has 2 N–H and O–H groups in total. The van der Waals surface area contributed by atoms with Crippen LogP contribution >= 0.6 is 0 Å². The summed E-state index contributed by atoms with van der Waals surface area (Å²) in [5.74, 6) is -0.869. The molecule has 34 heavy (non-hydrogen) atoms. The van der Waals surface area contributed by atoms with Crippen molar-refractivity contribution in [2.45, 2.75) is 26.4 Å². The smallest absolute Gasteiger partial charge is 0.418 e. The minimum atomic E-state index is -4.60. The lowest BCUT2D eigenvalue weighted by molar-refractivity contribution is -0.137. The average molecular weight is 477 g/mol. The molecule has 1 fully saturated rings. The summed E-state index contributed by atoms with van der Waals surface area (Å²) in [5.41, 5.74) is -0.710. The van der Waals surface area contributed by atoms with Crippen molar-refractivity contribution >= 4 is 29.1 Å². The maximum atomic E-state index is 13.0. The summed E-state index contributed by atoms with van der Waals surface area (Å²) in [7, 11) is 0. The summed E-state index contributed by atoms with van der Waals surface area (Å²) in [5, 5.41) is 5.05. The highest BCUT2D eigenvalue weighted by Crippen LogP contribution is 2.34. The number of alkyl halides is 3. The fourth-order valence-electron chi connectivity index (χ4n) is 3.48. The Labute approximate surface area is 195 Å². The number of carbonyl (C=O) groups is 3. The highest BCUT2D eigenvalue weighted by atomic mass is 19.4. The molecular formula is C24H26F3N3O4. The fraction of sp³-hybridized carbons (Fsp3) is 0.375. The van der Waals surface area contributed by atoms with Gasteiger partial charge in [-0.15, -0.1) is 0 Å². The van der Waals surface area contributed by atoms with Gasteiger partial charge in [-0.1, -0.05) is 26.0 Å². The topological polar surface area (TPSA) is 87.7 Å². The van der Waals surface area contributed by atoms with Gasteiger partial charge in [0, 0.05) is 25.2 Å². The lowest BCUT2D eigenvalue weighted by atomic mass is 10.1. The number of para-hydroxylation sites is 1. The third kappa shape index (κ3) is 6.49. The number of nitrogens with one attached hydrogen (secondary N) is 2. The van der Waals surface area contributed by atoms with Crippen molar-refractivity contribution in [2.24, 2.45) is 11.8 Å². The summed E-state index contributed by atoms with van der Waals surface area (Å²) in [6, 6.07) is 11.0. The van der Waals surface area contributed by atoms with Gasteiger partial charge in [0.15, 0.2) is 6.61 Å². The van der Waals surface area contributed by atoms with E-state index in [9.17, 15) is 27.6 Å². The highest BCUT2D eigenvalue weighted by Gasteiger charge is 2.35. The molecular weight excluding hydrogens is 451 g/mol. The molecule has 0 aliphatic carbocycles.